The van der Waals surface area contributed by atoms with E-state index in [1.807, 2.05) is 12.1 Å². The van der Waals surface area contributed by atoms with Crippen LogP contribution in [0, 0.1) is 0 Å². The van der Waals surface area contributed by atoms with Gasteiger partial charge in [-0.1, -0.05) is 52.7 Å². The summed E-state index contributed by atoms with van der Waals surface area (Å²) in [5, 5.41) is 1.61. The highest BCUT2D eigenvalue weighted by Crippen LogP contribution is 2.34. The van der Waals surface area contributed by atoms with Crippen molar-refractivity contribution in [3.05, 3.63) is 58.1 Å². The summed E-state index contributed by atoms with van der Waals surface area (Å²) in [7, 11) is 0. The van der Waals surface area contributed by atoms with Gasteiger partial charge in [-0.25, -0.2) is 4.98 Å². The molecule has 1 saturated heterocycles. The summed E-state index contributed by atoms with van der Waals surface area (Å²) >= 11 is 14.0. The van der Waals surface area contributed by atoms with Crippen molar-refractivity contribution in [1.82, 2.24) is 4.98 Å². The van der Waals surface area contributed by atoms with Gasteiger partial charge in [0, 0.05) is 6.61 Å². The summed E-state index contributed by atoms with van der Waals surface area (Å²) in [5.41, 5.74) is 1.16. The SMILES string of the molecule is O=C(c1ccccc1Cl)N(CC1CCCO1)c1nc2c(Cl)cccc2s1. The molecular formula is C19H16Cl2N2O2S. The molecule has 4 nitrogen and oxygen atoms in total. The fourth-order valence-electron chi connectivity index (χ4n) is 3.04. The van der Waals surface area contributed by atoms with E-state index in [9.17, 15) is 4.79 Å². The lowest BCUT2D eigenvalue weighted by atomic mass is 10.1. The molecule has 3 aromatic rings. The Hall–Kier alpha value is -1.66. The second-order valence-electron chi connectivity index (χ2n) is 6.11. The van der Waals surface area contributed by atoms with Crippen LogP contribution in [-0.2, 0) is 4.74 Å². The van der Waals surface area contributed by atoms with Gasteiger partial charge in [0.15, 0.2) is 5.13 Å². The van der Waals surface area contributed by atoms with Crippen LogP contribution in [0.25, 0.3) is 10.2 Å². The lowest BCUT2D eigenvalue weighted by molar-refractivity contribution is 0.0917. The molecule has 1 aliphatic heterocycles. The fourth-order valence-corrected chi connectivity index (χ4v) is 4.53. The zero-order chi connectivity index (χ0) is 18.1. The first kappa shape index (κ1) is 17.7. The second kappa shape index (κ2) is 7.53. The van der Waals surface area contributed by atoms with Crippen LogP contribution in [0.2, 0.25) is 10.0 Å². The molecule has 0 N–H and O–H groups in total. The van der Waals surface area contributed by atoms with Crippen molar-refractivity contribution in [2.75, 3.05) is 18.1 Å². The minimum Gasteiger partial charge on any atom is -0.376 e. The van der Waals surface area contributed by atoms with Gasteiger partial charge in [0.05, 0.1) is 33.0 Å². The van der Waals surface area contributed by atoms with Crippen LogP contribution < -0.4 is 4.90 Å². The van der Waals surface area contributed by atoms with Crippen LogP contribution in [0.3, 0.4) is 0 Å². The molecular weight excluding hydrogens is 391 g/mol. The number of carbonyl (C=O) groups excluding carboxylic acids is 1. The largest absolute Gasteiger partial charge is 0.376 e. The normalized spacial score (nSPS) is 16.9. The Morgan fingerprint density at radius 2 is 2.00 bits per heavy atom. The molecule has 0 aliphatic carbocycles. The van der Waals surface area contributed by atoms with E-state index in [-0.39, 0.29) is 12.0 Å². The third-order valence-electron chi connectivity index (χ3n) is 4.35. The first-order chi connectivity index (χ1) is 12.6. The van der Waals surface area contributed by atoms with Crippen molar-refractivity contribution < 1.29 is 9.53 Å². The highest BCUT2D eigenvalue weighted by atomic mass is 35.5. The van der Waals surface area contributed by atoms with Crippen molar-refractivity contribution in [3.8, 4) is 0 Å². The van der Waals surface area contributed by atoms with Crippen LogP contribution in [0.1, 0.15) is 23.2 Å². The highest BCUT2D eigenvalue weighted by molar-refractivity contribution is 7.22. The van der Waals surface area contributed by atoms with Crippen LogP contribution >= 0.6 is 34.5 Å². The number of halogens is 2. The zero-order valence-corrected chi connectivity index (χ0v) is 16.2. The fraction of sp³-hybridized carbons (Fsp3) is 0.263. The van der Waals surface area contributed by atoms with E-state index in [1.54, 1.807) is 35.2 Å². The average Bonchev–Trinajstić information content (AvgIpc) is 3.29. The number of thiazole rings is 1. The van der Waals surface area contributed by atoms with Gasteiger partial charge in [-0.3, -0.25) is 9.69 Å². The molecule has 0 spiro atoms. The first-order valence-electron chi connectivity index (χ1n) is 8.36. The lowest BCUT2D eigenvalue weighted by Crippen LogP contribution is -2.37. The van der Waals surface area contributed by atoms with Gasteiger partial charge in [0.25, 0.3) is 5.91 Å². The molecule has 1 fully saturated rings. The molecule has 134 valence electrons. The summed E-state index contributed by atoms with van der Waals surface area (Å²) in [5.74, 6) is -0.179. The van der Waals surface area contributed by atoms with Crippen molar-refractivity contribution in [3.63, 3.8) is 0 Å². The second-order valence-corrected chi connectivity index (χ2v) is 7.94. The molecule has 1 aliphatic rings. The van der Waals surface area contributed by atoms with Crippen molar-refractivity contribution in [1.29, 1.82) is 0 Å². The summed E-state index contributed by atoms with van der Waals surface area (Å²) < 4.78 is 6.68. The van der Waals surface area contributed by atoms with E-state index < -0.39 is 0 Å². The molecule has 2 aromatic carbocycles. The zero-order valence-electron chi connectivity index (χ0n) is 13.8. The van der Waals surface area contributed by atoms with Gasteiger partial charge in [0.1, 0.15) is 5.52 Å². The van der Waals surface area contributed by atoms with E-state index in [0.717, 1.165) is 24.1 Å². The molecule has 2 heterocycles. The predicted molar refractivity (Wildman–Crippen MR) is 107 cm³/mol. The molecule has 1 unspecified atom stereocenters. The Morgan fingerprint density at radius 1 is 1.19 bits per heavy atom. The van der Waals surface area contributed by atoms with Crippen LogP contribution in [-0.4, -0.2) is 30.1 Å². The van der Waals surface area contributed by atoms with E-state index in [4.69, 9.17) is 27.9 Å². The van der Waals surface area contributed by atoms with Crippen molar-refractivity contribution in [2.45, 2.75) is 18.9 Å². The van der Waals surface area contributed by atoms with Gasteiger partial charge >= 0.3 is 0 Å². The van der Waals surface area contributed by atoms with Gasteiger partial charge in [-0.05, 0) is 37.1 Å². The van der Waals surface area contributed by atoms with E-state index in [1.165, 1.54) is 11.3 Å². The van der Waals surface area contributed by atoms with E-state index in [0.29, 0.717) is 32.8 Å². The molecule has 4 rings (SSSR count). The maximum absolute atomic E-state index is 13.2. The standard InChI is InChI=1S/C19H16Cl2N2O2S/c20-14-7-2-1-6-13(14)18(24)23(11-12-5-4-10-25-12)19-22-17-15(21)8-3-9-16(17)26-19/h1-3,6-9,12H,4-5,10-11H2. The Balaban J connectivity index is 1.75. The Bertz CT molecular complexity index is 954. The van der Waals surface area contributed by atoms with Gasteiger partial charge in [0.2, 0.25) is 0 Å². The third-order valence-corrected chi connectivity index (χ3v) is 6.03. The number of rotatable bonds is 4. The lowest BCUT2D eigenvalue weighted by Gasteiger charge is -2.23. The summed E-state index contributed by atoms with van der Waals surface area (Å²) in [6.45, 7) is 1.17. The van der Waals surface area contributed by atoms with Gasteiger partial charge in [-0.2, -0.15) is 0 Å². The molecule has 0 radical (unpaired) electrons. The molecule has 1 amide bonds. The smallest absolute Gasteiger partial charge is 0.261 e. The summed E-state index contributed by atoms with van der Waals surface area (Å²) in [6.07, 6.45) is 1.94. The highest BCUT2D eigenvalue weighted by Gasteiger charge is 2.28. The Morgan fingerprint density at radius 3 is 2.73 bits per heavy atom. The first-order valence-corrected chi connectivity index (χ1v) is 9.94. The average molecular weight is 407 g/mol. The van der Waals surface area contributed by atoms with Gasteiger partial charge < -0.3 is 4.74 Å². The number of amides is 1. The van der Waals surface area contributed by atoms with Crippen LogP contribution in [0.4, 0.5) is 5.13 Å². The minimum absolute atomic E-state index is 0.00363. The third kappa shape index (κ3) is 3.45. The van der Waals surface area contributed by atoms with Gasteiger partial charge in [-0.15, -0.1) is 0 Å². The maximum Gasteiger partial charge on any atom is 0.261 e. The van der Waals surface area contributed by atoms with Crippen molar-refractivity contribution >= 4 is 55.8 Å². The number of fused-ring (bicyclic) bond motifs is 1. The van der Waals surface area contributed by atoms with Crippen LogP contribution in [0.5, 0.6) is 0 Å². The Labute approximate surface area is 165 Å². The molecule has 1 aromatic heterocycles. The molecule has 26 heavy (non-hydrogen) atoms. The molecule has 1 atom stereocenters. The van der Waals surface area contributed by atoms with Crippen molar-refractivity contribution in [2.24, 2.45) is 0 Å². The number of nitrogens with zero attached hydrogens (tertiary/aromatic N) is 2. The number of carbonyl (C=O) groups is 1. The van der Waals surface area contributed by atoms with E-state index >= 15 is 0 Å². The number of ether oxygens (including phenoxy) is 1. The molecule has 7 heteroatoms. The molecule has 0 saturated carbocycles. The topological polar surface area (TPSA) is 42.4 Å². The maximum atomic E-state index is 13.2. The number of hydrogen-bond donors (Lipinski definition) is 0. The summed E-state index contributed by atoms with van der Waals surface area (Å²) in [6, 6.07) is 12.7. The van der Waals surface area contributed by atoms with Crippen LogP contribution in [0.15, 0.2) is 42.5 Å². The number of benzene rings is 2. The quantitative estimate of drug-likeness (QED) is 0.579. The molecule has 0 bridgehead atoms. The monoisotopic (exact) mass is 406 g/mol. The number of hydrogen-bond acceptors (Lipinski definition) is 4. The van der Waals surface area contributed by atoms with E-state index in [2.05, 4.69) is 4.98 Å². The predicted octanol–water partition coefficient (Wildman–Crippen LogP) is 5.43. The Kier molecular flexibility index (Phi) is 5.14. The number of para-hydroxylation sites is 1. The number of aromatic nitrogens is 1. The minimum atomic E-state index is -0.179. The summed E-state index contributed by atoms with van der Waals surface area (Å²) in [4.78, 5) is 19.5. The number of anilines is 1.